The average Bonchev–Trinajstić information content (AvgIpc) is 2.47. The van der Waals surface area contributed by atoms with Gasteiger partial charge in [0.25, 0.3) is 0 Å². The van der Waals surface area contributed by atoms with E-state index in [1.54, 1.807) is 6.08 Å². The van der Waals surface area contributed by atoms with Crippen LogP contribution in [0.1, 0.15) is 70.3 Å². The molecule has 0 heterocycles. The van der Waals surface area contributed by atoms with Gasteiger partial charge in [-0.1, -0.05) is 70.4 Å². The predicted molar refractivity (Wildman–Crippen MR) is 85.2 cm³/mol. The average molecular weight is 273 g/mol. The van der Waals surface area contributed by atoms with Gasteiger partial charge in [0.05, 0.1) is 5.69 Å². The highest BCUT2D eigenvalue weighted by Crippen LogP contribution is 2.15. The molecule has 0 saturated carbocycles. The molecule has 0 aromatic heterocycles. The van der Waals surface area contributed by atoms with Gasteiger partial charge in [-0.25, -0.2) is 4.79 Å². The topological polar surface area (TPSA) is 29.4 Å². The van der Waals surface area contributed by atoms with Gasteiger partial charge >= 0.3 is 0 Å². The van der Waals surface area contributed by atoms with Crippen LogP contribution in [0, 0.1) is 0 Å². The molecule has 1 aromatic rings. The number of isocyanates is 1. The van der Waals surface area contributed by atoms with Crippen molar-refractivity contribution in [3.05, 3.63) is 29.8 Å². The van der Waals surface area contributed by atoms with E-state index in [0.29, 0.717) is 5.69 Å². The highest BCUT2D eigenvalue weighted by atomic mass is 16.1. The molecule has 0 saturated heterocycles. The Morgan fingerprint density at radius 1 is 0.850 bits per heavy atom. The summed E-state index contributed by atoms with van der Waals surface area (Å²) in [5.41, 5.74) is 2.02. The van der Waals surface area contributed by atoms with E-state index in [1.807, 2.05) is 12.1 Å². The molecule has 0 amide bonds. The van der Waals surface area contributed by atoms with E-state index < -0.39 is 0 Å². The third kappa shape index (κ3) is 7.91. The monoisotopic (exact) mass is 273 g/mol. The Kier molecular flexibility index (Phi) is 9.52. The molecule has 110 valence electrons. The largest absolute Gasteiger partial charge is 0.240 e. The van der Waals surface area contributed by atoms with Crippen molar-refractivity contribution in [1.82, 2.24) is 0 Å². The van der Waals surface area contributed by atoms with Crippen molar-refractivity contribution in [2.75, 3.05) is 0 Å². The first-order valence-corrected chi connectivity index (χ1v) is 8.03. The van der Waals surface area contributed by atoms with Crippen LogP contribution in [0.4, 0.5) is 5.69 Å². The number of benzene rings is 1. The fourth-order valence-electron chi connectivity index (χ4n) is 2.43. The van der Waals surface area contributed by atoms with Crippen molar-refractivity contribution in [3.8, 4) is 0 Å². The van der Waals surface area contributed by atoms with Crippen LogP contribution in [0.3, 0.4) is 0 Å². The second-order valence-electron chi connectivity index (χ2n) is 5.45. The molecule has 0 aliphatic rings. The molecule has 0 N–H and O–H groups in total. The number of nitrogens with zero attached hydrogens (tertiary/aromatic N) is 1. The second-order valence-corrected chi connectivity index (χ2v) is 5.45. The van der Waals surface area contributed by atoms with Crippen molar-refractivity contribution in [1.29, 1.82) is 0 Å². The van der Waals surface area contributed by atoms with Crippen LogP contribution in [0.5, 0.6) is 0 Å². The van der Waals surface area contributed by atoms with Crippen molar-refractivity contribution in [3.63, 3.8) is 0 Å². The van der Waals surface area contributed by atoms with E-state index >= 15 is 0 Å². The molecule has 0 aliphatic carbocycles. The van der Waals surface area contributed by atoms with E-state index in [-0.39, 0.29) is 0 Å². The minimum Gasteiger partial charge on any atom is -0.211 e. The van der Waals surface area contributed by atoms with Crippen molar-refractivity contribution in [2.45, 2.75) is 71.1 Å². The molecule has 0 spiro atoms. The van der Waals surface area contributed by atoms with Crippen LogP contribution in [0.25, 0.3) is 0 Å². The lowest BCUT2D eigenvalue weighted by Gasteiger charge is -2.03. The van der Waals surface area contributed by atoms with Gasteiger partial charge in [0.2, 0.25) is 6.08 Å². The first kappa shape index (κ1) is 16.7. The van der Waals surface area contributed by atoms with Crippen LogP contribution in [-0.2, 0) is 11.2 Å². The molecule has 0 bridgehead atoms. The summed E-state index contributed by atoms with van der Waals surface area (Å²) in [6, 6.07) is 7.88. The molecule has 0 unspecified atom stereocenters. The van der Waals surface area contributed by atoms with Crippen LogP contribution in [0.2, 0.25) is 0 Å². The molecule has 20 heavy (non-hydrogen) atoms. The van der Waals surface area contributed by atoms with Gasteiger partial charge in [0.15, 0.2) is 0 Å². The van der Waals surface area contributed by atoms with Gasteiger partial charge in [0, 0.05) is 0 Å². The van der Waals surface area contributed by atoms with Gasteiger partial charge in [-0.3, -0.25) is 0 Å². The third-order valence-corrected chi connectivity index (χ3v) is 3.68. The first-order chi connectivity index (χ1) is 9.86. The van der Waals surface area contributed by atoms with Gasteiger partial charge < -0.3 is 0 Å². The summed E-state index contributed by atoms with van der Waals surface area (Å²) in [5, 5.41) is 0. The molecule has 0 radical (unpaired) electrons. The quantitative estimate of drug-likeness (QED) is 0.288. The Hall–Kier alpha value is -1.40. The van der Waals surface area contributed by atoms with Crippen LogP contribution >= 0.6 is 0 Å². The zero-order chi connectivity index (χ0) is 14.5. The predicted octanol–water partition coefficient (Wildman–Crippen LogP) is 5.73. The van der Waals surface area contributed by atoms with Gasteiger partial charge in [0.1, 0.15) is 0 Å². The molecule has 2 heteroatoms. The highest BCUT2D eigenvalue weighted by molar-refractivity contribution is 5.49. The fraction of sp³-hybridized carbons (Fsp3) is 0.611. The maximum atomic E-state index is 10.1. The third-order valence-electron chi connectivity index (χ3n) is 3.68. The Labute approximate surface area is 123 Å². The minimum absolute atomic E-state index is 0.691. The number of aliphatic imine (C=N–C) groups is 1. The van der Waals surface area contributed by atoms with Crippen LogP contribution in [0.15, 0.2) is 29.3 Å². The normalized spacial score (nSPS) is 10.2. The first-order valence-electron chi connectivity index (χ1n) is 8.03. The van der Waals surface area contributed by atoms with E-state index in [4.69, 9.17) is 0 Å². The lowest BCUT2D eigenvalue weighted by atomic mass is 10.0. The summed E-state index contributed by atoms with van der Waals surface area (Å²) in [7, 11) is 0. The Bertz CT molecular complexity index is 390. The van der Waals surface area contributed by atoms with Crippen molar-refractivity contribution in [2.24, 2.45) is 4.99 Å². The zero-order valence-corrected chi connectivity index (χ0v) is 12.7. The van der Waals surface area contributed by atoms with Crippen LogP contribution in [-0.4, -0.2) is 6.08 Å². The maximum Gasteiger partial charge on any atom is 0.240 e. The number of rotatable bonds is 11. The summed E-state index contributed by atoms with van der Waals surface area (Å²) < 4.78 is 0. The molecule has 0 atom stereocenters. The minimum atomic E-state index is 0.691. The summed E-state index contributed by atoms with van der Waals surface area (Å²) in [4.78, 5) is 13.7. The van der Waals surface area contributed by atoms with Gasteiger partial charge in [-0.2, -0.15) is 4.99 Å². The highest BCUT2D eigenvalue weighted by Gasteiger charge is 1.95. The van der Waals surface area contributed by atoms with E-state index in [2.05, 4.69) is 24.0 Å². The number of unbranched alkanes of at least 4 members (excludes halogenated alkanes) is 8. The van der Waals surface area contributed by atoms with E-state index in [0.717, 1.165) is 6.42 Å². The number of aryl methyl sites for hydroxylation is 1. The molecular formula is C18H27NO. The van der Waals surface area contributed by atoms with E-state index in [9.17, 15) is 4.79 Å². The lowest BCUT2D eigenvalue weighted by molar-refractivity contribution is 0.564. The number of hydrogen-bond acceptors (Lipinski definition) is 2. The molecule has 0 fully saturated rings. The number of hydrogen-bond donors (Lipinski definition) is 0. The Balaban J connectivity index is 2.02. The Morgan fingerprint density at radius 3 is 1.95 bits per heavy atom. The van der Waals surface area contributed by atoms with Gasteiger partial charge in [-0.15, -0.1) is 0 Å². The van der Waals surface area contributed by atoms with Crippen LogP contribution < -0.4 is 0 Å². The molecule has 0 aliphatic heterocycles. The van der Waals surface area contributed by atoms with Crippen molar-refractivity contribution < 1.29 is 4.79 Å². The molecule has 2 nitrogen and oxygen atoms in total. The second kappa shape index (κ2) is 11.4. The summed E-state index contributed by atoms with van der Waals surface area (Å²) >= 11 is 0. The zero-order valence-electron chi connectivity index (χ0n) is 12.7. The summed E-state index contributed by atoms with van der Waals surface area (Å²) in [6.07, 6.45) is 15.0. The smallest absolute Gasteiger partial charge is 0.211 e. The fourth-order valence-corrected chi connectivity index (χ4v) is 2.43. The van der Waals surface area contributed by atoms with Crippen molar-refractivity contribution >= 4 is 11.8 Å². The number of carbonyl (C=O) groups excluding carboxylic acids is 1. The molecule has 1 aromatic carbocycles. The standard InChI is InChI=1S/C18H27NO/c1-2-3-4-5-6-7-8-9-10-11-17-12-14-18(15-13-17)19-16-20/h12-15H,2-11H2,1H3. The maximum absolute atomic E-state index is 10.1. The summed E-state index contributed by atoms with van der Waals surface area (Å²) in [5.74, 6) is 0. The SMILES string of the molecule is CCCCCCCCCCCc1ccc(N=C=O)cc1. The molecule has 1 rings (SSSR count). The molecular weight excluding hydrogens is 246 g/mol. The summed E-state index contributed by atoms with van der Waals surface area (Å²) in [6.45, 7) is 2.26. The van der Waals surface area contributed by atoms with E-state index in [1.165, 1.54) is 63.4 Å². The Morgan fingerprint density at radius 2 is 1.40 bits per heavy atom. The van der Waals surface area contributed by atoms with Gasteiger partial charge in [-0.05, 0) is 30.5 Å². The lowest BCUT2D eigenvalue weighted by Crippen LogP contribution is -1.86.